The van der Waals surface area contributed by atoms with Gasteiger partial charge in [-0.05, 0) is 60.4 Å². The van der Waals surface area contributed by atoms with Crippen LogP contribution in [0.1, 0.15) is 48.4 Å². The first-order chi connectivity index (χ1) is 13.7. The van der Waals surface area contributed by atoms with Crippen LogP contribution in [0.25, 0.3) is 11.1 Å². The van der Waals surface area contributed by atoms with Gasteiger partial charge in [0.25, 0.3) is 0 Å². The summed E-state index contributed by atoms with van der Waals surface area (Å²) in [4.78, 5) is 0. The third-order valence-corrected chi connectivity index (χ3v) is 4.67. The van der Waals surface area contributed by atoms with Gasteiger partial charge in [-0.25, -0.2) is 4.39 Å². The van der Waals surface area contributed by atoms with Crippen molar-refractivity contribution in [3.8, 4) is 29.0 Å². The fourth-order valence-electron chi connectivity index (χ4n) is 3.03. The van der Waals surface area contributed by atoms with Gasteiger partial charge in [0.15, 0.2) is 0 Å². The predicted molar refractivity (Wildman–Crippen MR) is 112 cm³/mol. The molecule has 0 aliphatic heterocycles. The van der Waals surface area contributed by atoms with E-state index in [-0.39, 0.29) is 5.82 Å². The Morgan fingerprint density at radius 3 is 2.07 bits per heavy atom. The smallest absolute Gasteiger partial charge is 0.132 e. The van der Waals surface area contributed by atoms with E-state index in [2.05, 4.69) is 37.0 Å². The molecule has 0 spiro atoms. The number of hydrogen-bond acceptors (Lipinski definition) is 1. The number of hydrogen-bond donors (Lipinski definition) is 0. The Kier molecular flexibility index (Phi) is 6.61. The minimum absolute atomic E-state index is 0.317. The summed E-state index contributed by atoms with van der Waals surface area (Å²) in [5.41, 5.74) is 4.71. The second-order valence-corrected chi connectivity index (χ2v) is 6.79. The minimum atomic E-state index is -0.317. The maximum atomic E-state index is 14.5. The second kappa shape index (κ2) is 9.54. The van der Waals surface area contributed by atoms with Gasteiger partial charge in [-0.1, -0.05) is 61.9 Å². The van der Waals surface area contributed by atoms with Gasteiger partial charge in [0.2, 0.25) is 0 Å². The first kappa shape index (κ1) is 19.4. The Balaban J connectivity index is 1.72. The molecule has 0 atom stereocenters. The van der Waals surface area contributed by atoms with Crippen LogP contribution in [0.15, 0.2) is 66.7 Å². The van der Waals surface area contributed by atoms with E-state index in [0.717, 1.165) is 17.5 Å². The van der Waals surface area contributed by atoms with Crippen LogP contribution in [0.5, 0.6) is 0 Å². The van der Waals surface area contributed by atoms with Gasteiger partial charge < -0.3 is 0 Å². The number of halogens is 1. The summed E-state index contributed by atoms with van der Waals surface area (Å²) in [6, 6.07) is 22.3. The monoisotopic (exact) mass is 367 g/mol. The molecule has 3 aromatic rings. The molecule has 0 bridgehead atoms. The zero-order chi connectivity index (χ0) is 19.8. The van der Waals surface area contributed by atoms with Crippen LogP contribution in [0.2, 0.25) is 0 Å². The van der Waals surface area contributed by atoms with Crippen molar-refractivity contribution in [3.63, 3.8) is 0 Å². The molecule has 0 aliphatic rings. The highest BCUT2D eigenvalue weighted by atomic mass is 19.1. The van der Waals surface area contributed by atoms with Gasteiger partial charge in [-0.15, -0.1) is 0 Å². The second-order valence-electron chi connectivity index (χ2n) is 6.79. The first-order valence-electron chi connectivity index (χ1n) is 9.60. The molecule has 3 aromatic carbocycles. The molecule has 3 rings (SSSR count). The van der Waals surface area contributed by atoms with Crippen molar-refractivity contribution in [1.29, 1.82) is 5.26 Å². The topological polar surface area (TPSA) is 23.8 Å². The van der Waals surface area contributed by atoms with Gasteiger partial charge in [0.1, 0.15) is 5.82 Å². The summed E-state index contributed by atoms with van der Waals surface area (Å²) in [5, 5.41) is 8.87. The normalized spacial score (nSPS) is 10.0. The minimum Gasteiger partial charge on any atom is -0.206 e. The van der Waals surface area contributed by atoms with Gasteiger partial charge in [-0.2, -0.15) is 5.26 Å². The van der Waals surface area contributed by atoms with Crippen LogP contribution in [-0.2, 0) is 6.42 Å². The Hall–Kier alpha value is -3.36. The molecule has 0 radical (unpaired) electrons. The molecule has 0 amide bonds. The third-order valence-electron chi connectivity index (χ3n) is 4.67. The Morgan fingerprint density at radius 2 is 1.43 bits per heavy atom. The lowest BCUT2D eigenvalue weighted by molar-refractivity contribution is 0.631. The van der Waals surface area contributed by atoms with E-state index in [0.29, 0.717) is 16.7 Å². The van der Waals surface area contributed by atoms with Crippen molar-refractivity contribution in [3.05, 3.63) is 94.8 Å². The van der Waals surface area contributed by atoms with Crippen molar-refractivity contribution in [2.75, 3.05) is 0 Å². The lowest BCUT2D eigenvalue weighted by Crippen LogP contribution is -1.87. The first-order valence-corrected chi connectivity index (χ1v) is 9.60. The number of benzene rings is 3. The van der Waals surface area contributed by atoms with E-state index in [1.165, 1.54) is 30.9 Å². The molecule has 28 heavy (non-hydrogen) atoms. The molecule has 0 aromatic heterocycles. The Morgan fingerprint density at radius 1 is 0.786 bits per heavy atom. The lowest BCUT2D eigenvalue weighted by atomic mass is 10.0. The number of nitrogens with zero attached hydrogens (tertiary/aromatic N) is 1. The van der Waals surface area contributed by atoms with Crippen LogP contribution in [-0.4, -0.2) is 0 Å². The van der Waals surface area contributed by atoms with Crippen LogP contribution in [0.3, 0.4) is 0 Å². The zero-order valence-electron chi connectivity index (χ0n) is 16.0. The Labute approximate surface area is 166 Å². The predicted octanol–water partition coefficient (Wildman–Crippen LogP) is 6.50. The largest absolute Gasteiger partial charge is 0.206 e. The molecule has 0 aliphatic carbocycles. The quantitative estimate of drug-likeness (QED) is 0.373. The van der Waals surface area contributed by atoms with E-state index >= 15 is 0 Å². The van der Waals surface area contributed by atoms with Gasteiger partial charge in [-0.3, -0.25) is 0 Å². The summed E-state index contributed by atoms with van der Waals surface area (Å²) >= 11 is 0. The van der Waals surface area contributed by atoms with Crippen molar-refractivity contribution >= 4 is 0 Å². The molecule has 0 unspecified atom stereocenters. The summed E-state index contributed by atoms with van der Waals surface area (Å²) in [6.07, 6.45) is 4.80. The van der Waals surface area contributed by atoms with Crippen LogP contribution >= 0.6 is 0 Å². The fourth-order valence-corrected chi connectivity index (χ4v) is 3.03. The average Bonchev–Trinajstić information content (AvgIpc) is 2.73. The van der Waals surface area contributed by atoms with Gasteiger partial charge in [0.05, 0.1) is 11.6 Å². The van der Waals surface area contributed by atoms with E-state index in [1.807, 2.05) is 18.2 Å². The highest BCUT2D eigenvalue weighted by Crippen LogP contribution is 2.24. The average molecular weight is 367 g/mol. The molecular formula is C26H22FN. The maximum Gasteiger partial charge on any atom is 0.132 e. The molecule has 1 nitrogen and oxygen atoms in total. The summed E-state index contributed by atoms with van der Waals surface area (Å²) in [6.45, 7) is 2.21. The molecule has 2 heteroatoms. The van der Waals surface area contributed by atoms with Crippen molar-refractivity contribution in [2.45, 2.75) is 32.6 Å². The number of rotatable bonds is 5. The standard InChI is InChI=1S/C26H22FN/c1-2-3-4-5-20-6-8-21(9-7-20)10-11-22-14-17-25(26(27)18-22)24-15-12-23(19-28)13-16-24/h6-9,12-18H,2-5H2,1H3. The van der Waals surface area contributed by atoms with Crippen molar-refractivity contribution in [2.24, 2.45) is 0 Å². The summed E-state index contributed by atoms with van der Waals surface area (Å²) in [7, 11) is 0. The van der Waals surface area contributed by atoms with Gasteiger partial charge >= 0.3 is 0 Å². The fraction of sp³-hybridized carbons (Fsp3) is 0.192. The molecule has 0 fully saturated rings. The van der Waals surface area contributed by atoms with E-state index in [1.54, 1.807) is 30.3 Å². The molecule has 0 saturated carbocycles. The highest BCUT2D eigenvalue weighted by Gasteiger charge is 2.05. The molecule has 0 N–H and O–H groups in total. The maximum absolute atomic E-state index is 14.5. The van der Waals surface area contributed by atoms with E-state index < -0.39 is 0 Å². The molecule has 138 valence electrons. The Bertz CT molecular complexity index is 1030. The van der Waals surface area contributed by atoms with E-state index in [4.69, 9.17) is 5.26 Å². The third kappa shape index (κ3) is 5.09. The summed E-state index contributed by atoms with van der Waals surface area (Å²) < 4.78 is 14.5. The molecule has 0 heterocycles. The number of nitriles is 1. The number of aryl methyl sites for hydroxylation is 1. The van der Waals surface area contributed by atoms with Crippen LogP contribution in [0.4, 0.5) is 4.39 Å². The SMILES string of the molecule is CCCCCc1ccc(C#Cc2ccc(-c3ccc(C#N)cc3)c(F)c2)cc1. The zero-order valence-corrected chi connectivity index (χ0v) is 16.0. The van der Waals surface area contributed by atoms with Crippen molar-refractivity contribution in [1.82, 2.24) is 0 Å². The van der Waals surface area contributed by atoms with E-state index in [9.17, 15) is 4.39 Å². The number of unbranched alkanes of at least 4 members (excludes halogenated alkanes) is 2. The summed E-state index contributed by atoms with van der Waals surface area (Å²) in [5.74, 6) is 5.82. The van der Waals surface area contributed by atoms with Gasteiger partial charge in [0, 0.05) is 16.7 Å². The van der Waals surface area contributed by atoms with Crippen molar-refractivity contribution < 1.29 is 4.39 Å². The molecule has 0 saturated heterocycles. The van der Waals surface area contributed by atoms with Crippen LogP contribution in [0, 0.1) is 29.0 Å². The lowest BCUT2D eigenvalue weighted by Gasteiger charge is -2.04. The van der Waals surface area contributed by atoms with Crippen LogP contribution < -0.4 is 0 Å². The molecular weight excluding hydrogens is 345 g/mol. The highest BCUT2D eigenvalue weighted by molar-refractivity contribution is 5.66.